The number of carbonyl (C=O) groups is 1. The molecule has 2 aromatic carbocycles. The molecule has 1 aliphatic heterocycles. The molecule has 10 heteroatoms. The lowest BCUT2D eigenvalue weighted by molar-refractivity contribution is 0.0983. The second-order valence-corrected chi connectivity index (χ2v) is 12.1. The SMILES string of the molecule is CC1CCN(S(=O)(=O)c2ccc(C(=O)N(Cc3ccco3)c3nc4ccc(Cl)cc4s3)cc2)CC1. The molecule has 1 aliphatic rings. The Bertz CT molecular complexity index is 1440. The molecule has 2 aromatic heterocycles. The summed E-state index contributed by atoms with van der Waals surface area (Å²) in [5, 5.41) is 1.10. The summed E-state index contributed by atoms with van der Waals surface area (Å²) in [6.45, 7) is 3.36. The monoisotopic (exact) mass is 529 g/mol. The number of furan rings is 1. The number of carbonyl (C=O) groups excluding carboxylic acids is 1. The van der Waals surface area contributed by atoms with Crippen LogP contribution in [0.25, 0.3) is 10.2 Å². The normalized spacial score (nSPS) is 15.5. The summed E-state index contributed by atoms with van der Waals surface area (Å²) in [6.07, 6.45) is 3.26. The first-order chi connectivity index (χ1) is 16.8. The second kappa shape index (κ2) is 9.73. The molecule has 7 nitrogen and oxygen atoms in total. The van der Waals surface area contributed by atoms with Crippen LogP contribution in [-0.4, -0.2) is 36.7 Å². The number of sulfonamides is 1. The van der Waals surface area contributed by atoms with Crippen molar-refractivity contribution in [2.45, 2.75) is 31.2 Å². The van der Waals surface area contributed by atoms with Gasteiger partial charge in [0.2, 0.25) is 10.0 Å². The highest BCUT2D eigenvalue weighted by Gasteiger charge is 2.29. The Kier molecular flexibility index (Phi) is 6.67. The van der Waals surface area contributed by atoms with Crippen LogP contribution >= 0.6 is 22.9 Å². The number of nitrogens with zero attached hydrogens (tertiary/aromatic N) is 3. The zero-order valence-electron chi connectivity index (χ0n) is 19.1. The van der Waals surface area contributed by atoms with Gasteiger partial charge in [-0.1, -0.05) is 29.9 Å². The highest BCUT2D eigenvalue weighted by Crippen LogP contribution is 2.33. The smallest absolute Gasteiger partial charge is 0.260 e. The van der Waals surface area contributed by atoms with Gasteiger partial charge in [0.1, 0.15) is 5.76 Å². The van der Waals surface area contributed by atoms with E-state index in [4.69, 9.17) is 16.0 Å². The predicted octanol–water partition coefficient (Wildman–Crippen LogP) is 5.81. The van der Waals surface area contributed by atoms with Gasteiger partial charge in [0, 0.05) is 23.7 Å². The van der Waals surface area contributed by atoms with Crippen LogP contribution in [0.15, 0.2) is 70.2 Å². The van der Waals surface area contributed by atoms with Crippen LogP contribution in [0.5, 0.6) is 0 Å². The third-order valence-electron chi connectivity index (χ3n) is 6.19. The van der Waals surface area contributed by atoms with Crippen molar-refractivity contribution in [3.05, 3.63) is 77.2 Å². The minimum absolute atomic E-state index is 0.186. The van der Waals surface area contributed by atoms with Crippen LogP contribution in [0.1, 0.15) is 35.9 Å². The molecule has 0 bridgehead atoms. The molecule has 1 fully saturated rings. The van der Waals surface area contributed by atoms with Crippen molar-refractivity contribution in [3.63, 3.8) is 0 Å². The van der Waals surface area contributed by atoms with Crippen molar-refractivity contribution in [2.75, 3.05) is 18.0 Å². The number of thiazole rings is 1. The minimum atomic E-state index is -3.59. The molecule has 35 heavy (non-hydrogen) atoms. The summed E-state index contributed by atoms with van der Waals surface area (Å²) in [4.78, 5) is 19.9. The quantitative estimate of drug-likeness (QED) is 0.314. The molecule has 0 unspecified atom stereocenters. The number of fused-ring (bicyclic) bond motifs is 1. The van der Waals surface area contributed by atoms with Gasteiger partial charge < -0.3 is 4.42 Å². The highest BCUT2D eigenvalue weighted by molar-refractivity contribution is 7.89. The maximum absolute atomic E-state index is 13.6. The Morgan fingerprint density at radius 1 is 1.17 bits per heavy atom. The van der Waals surface area contributed by atoms with Gasteiger partial charge in [-0.3, -0.25) is 9.69 Å². The Morgan fingerprint density at radius 3 is 2.60 bits per heavy atom. The summed E-state index contributed by atoms with van der Waals surface area (Å²) in [6, 6.07) is 15.1. The molecule has 3 heterocycles. The van der Waals surface area contributed by atoms with Crippen LogP contribution in [0.4, 0.5) is 5.13 Å². The van der Waals surface area contributed by atoms with Gasteiger partial charge in [0.05, 0.1) is 27.9 Å². The maximum atomic E-state index is 13.6. The number of aromatic nitrogens is 1. The van der Waals surface area contributed by atoms with E-state index in [1.54, 1.807) is 36.6 Å². The Hall–Kier alpha value is -2.72. The molecule has 0 saturated carbocycles. The van der Waals surface area contributed by atoms with E-state index in [1.807, 2.05) is 12.1 Å². The molecule has 182 valence electrons. The van der Waals surface area contributed by atoms with Crippen LogP contribution in [0, 0.1) is 5.92 Å². The maximum Gasteiger partial charge on any atom is 0.260 e. The third kappa shape index (κ3) is 4.99. The van der Waals surface area contributed by atoms with Crippen LogP contribution in [0.2, 0.25) is 5.02 Å². The second-order valence-electron chi connectivity index (χ2n) is 8.69. The first kappa shape index (κ1) is 24.0. The van der Waals surface area contributed by atoms with Gasteiger partial charge >= 0.3 is 0 Å². The summed E-state index contributed by atoms with van der Waals surface area (Å²) in [7, 11) is -3.59. The Morgan fingerprint density at radius 2 is 1.91 bits per heavy atom. The van der Waals surface area contributed by atoms with Gasteiger partial charge in [-0.25, -0.2) is 13.4 Å². The van der Waals surface area contributed by atoms with E-state index >= 15 is 0 Å². The number of halogens is 1. The van der Waals surface area contributed by atoms with Crippen molar-refractivity contribution in [1.82, 2.24) is 9.29 Å². The molecule has 1 amide bonds. The lowest BCUT2D eigenvalue weighted by Crippen LogP contribution is -2.37. The predicted molar refractivity (Wildman–Crippen MR) is 137 cm³/mol. The molecular weight excluding hydrogens is 506 g/mol. The zero-order chi connectivity index (χ0) is 24.6. The lowest BCUT2D eigenvalue weighted by Gasteiger charge is -2.29. The lowest BCUT2D eigenvalue weighted by atomic mass is 10.0. The van der Waals surface area contributed by atoms with Gasteiger partial charge in [0.15, 0.2) is 5.13 Å². The van der Waals surface area contributed by atoms with Gasteiger partial charge in [-0.05, 0) is 73.4 Å². The van der Waals surface area contributed by atoms with Crippen molar-refractivity contribution in [3.8, 4) is 0 Å². The molecule has 1 saturated heterocycles. The third-order valence-corrected chi connectivity index (χ3v) is 9.38. The molecule has 0 spiro atoms. The van der Waals surface area contributed by atoms with Gasteiger partial charge in [0.25, 0.3) is 5.91 Å². The van der Waals surface area contributed by atoms with Crippen molar-refractivity contribution in [2.24, 2.45) is 5.92 Å². The summed E-state index contributed by atoms with van der Waals surface area (Å²) in [5.41, 5.74) is 1.10. The first-order valence-corrected chi connectivity index (χ1v) is 14.0. The van der Waals surface area contributed by atoms with Gasteiger partial charge in [-0.15, -0.1) is 0 Å². The Labute approximate surface area is 213 Å². The number of rotatable bonds is 6. The number of hydrogen-bond acceptors (Lipinski definition) is 6. The van der Waals surface area contributed by atoms with Crippen LogP contribution in [-0.2, 0) is 16.6 Å². The van der Waals surface area contributed by atoms with E-state index in [0.29, 0.717) is 40.5 Å². The number of anilines is 1. The fourth-order valence-corrected chi connectivity index (χ4v) is 6.80. The summed E-state index contributed by atoms with van der Waals surface area (Å²) < 4.78 is 34.0. The van der Waals surface area contributed by atoms with E-state index < -0.39 is 10.0 Å². The van der Waals surface area contributed by atoms with Gasteiger partial charge in [-0.2, -0.15) is 4.31 Å². The fraction of sp³-hybridized carbons (Fsp3) is 0.280. The number of hydrogen-bond donors (Lipinski definition) is 0. The highest BCUT2D eigenvalue weighted by atomic mass is 35.5. The van der Waals surface area contributed by atoms with Crippen LogP contribution < -0.4 is 4.90 Å². The topological polar surface area (TPSA) is 83.7 Å². The van der Waals surface area contributed by atoms with Crippen molar-refractivity contribution >= 4 is 54.2 Å². The number of amides is 1. The largest absolute Gasteiger partial charge is 0.467 e. The molecule has 4 aromatic rings. The molecule has 0 radical (unpaired) electrons. The Balaban J connectivity index is 1.44. The minimum Gasteiger partial charge on any atom is -0.467 e. The van der Waals surface area contributed by atoms with E-state index in [2.05, 4.69) is 11.9 Å². The average molecular weight is 530 g/mol. The molecule has 0 atom stereocenters. The van der Waals surface area contributed by atoms with Crippen LogP contribution in [0.3, 0.4) is 0 Å². The van der Waals surface area contributed by atoms with E-state index in [1.165, 1.54) is 32.7 Å². The van der Waals surface area contributed by atoms with E-state index in [9.17, 15) is 13.2 Å². The van der Waals surface area contributed by atoms with E-state index in [-0.39, 0.29) is 17.3 Å². The summed E-state index contributed by atoms with van der Waals surface area (Å²) >= 11 is 7.48. The molecule has 5 rings (SSSR count). The molecular formula is C25H24ClN3O4S2. The summed E-state index contributed by atoms with van der Waals surface area (Å²) in [5.74, 6) is 0.830. The van der Waals surface area contributed by atoms with E-state index in [0.717, 1.165) is 23.1 Å². The molecule has 0 aliphatic carbocycles. The van der Waals surface area contributed by atoms with Crippen molar-refractivity contribution < 1.29 is 17.6 Å². The first-order valence-electron chi connectivity index (χ1n) is 11.3. The molecule has 0 N–H and O–H groups in total. The zero-order valence-corrected chi connectivity index (χ0v) is 21.4. The standard InChI is InChI=1S/C25H24ClN3O4S2/c1-17-10-12-28(13-11-17)35(31,32)21-7-4-18(5-8-21)24(30)29(16-20-3-2-14-33-20)25-27-22-9-6-19(26)15-23(22)34-25/h2-9,14-15,17H,10-13,16H2,1H3. The fourth-order valence-electron chi connectivity index (χ4n) is 4.09. The number of piperidine rings is 1. The number of benzene rings is 2. The average Bonchev–Trinajstić information content (AvgIpc) is 3.52. The van der Waals surface area contributed by atoms with Crippen molar-refractivity contribution in [1.29, 1.82) is 0 Å².